The molecule has 2 atom stereocenters. The third kappa shape index (κ3) is 3.78. The fourth-order valence-corrected chi connectivity index (χ4v) is 2.03. The van der Waals surface area contributed by atoms with E-state index in [2.05, 4.69) is 36.2 Å². The topological polar surface area (TPSA) is 52.0 Å². The maximum atomic E-state index is 5.77. The van der Waals surface area contributed by atoms with E-state index < -0.39 is 0 Å². The summed E-state index contributed by atoms with van der Waals surface area (Å²) >= 11 is 0. The Bertz CT molecular complexity index is 350. The van der Waals surface area contributed by atoms with E-state index in [1.807, 2.05) is 4.68 Å². The van der Waals surface area contributed by atoms with Crippen molar-refractivity contribution in [2.24, 2.45) is 0 Å². The quantitative estimate of drug-likeness (QED) is 0.841. The summed E-state index contributed by atoms with van der Waals surface area (Å²) in [5.41, 5.74) is 0. The van der Waals surface area contributed by atoms with Gasteiger partial charge in [0, 0.05) is 6.04 Å². The van der Waals surface area contributed by atoms with Crippen LogP contribution in [0.3, 0.4) is 0 Å². The summed E-state index contributed by atoms with van der Waals surface area (Å²) in [5, 5.41) is 7.74. The zero-order valence-corrected chi connectivity index (χ0v) is 10.9. The first-order valence-electron chi connectivity index (χ1n) is 6.40. The van der Waals surface area contributed by atoms with Crippen LogP contribution in [0, 0.1) is 0 Å². The van der Waals surface area contributed by atoms with Crippen molar-refractivity contribution in [3.05, 3.63) is 12.2 Å². The normalized spacial score (nSPS) is 24.7. The van der Waals surface area contributed by atoms with Crippen molar-refractivity contribution < 1.29 is 4.74 Å². The molecule has 0 spiro atoms. The minimum atomic E-state index is 0.303. The molecule has 0 radical (unpaired) electrons. The SMILES string of the molecule is CC(C)NCc1ncn(CC2CCC(C)O2)n1. The van der Waals surface area contributed by atoms with Crippen LogP contribution in [-0.2, 0) is 17.8 Å². The molecule has 0 amide bonds. The van der Waals surface area contributed by atoms with Gasteiger partial charge in [-0.25, -0.2) is 4.98 Å². The van der Waals surface area contributed by atoms with Gasteiger partial charge in [-0.3, -0.25) is 4.68 Å². The average Bonchev–Trinajstić information content (AvgIpc) is 2.86. The molecule has 2 unspecified atom stereocenters. The van der Waals surface area contributed by atoms with Crippen molar-refractivity contribution in [1.29, 1.82) is 0 Å². The van der Waals surface area contributed by atoms with E-state index in [9.17, 15) is 0 Å². The van der Waals surface area contributed by atoms with Crippen LogP contribution in [-0.4, -0.2) is 33.0 Å². The third-order valence-corrected chi connectivity index (χ3v) is 2.96. The first-order chi connectivity index (χ1) is 8.13. The van der Waals surface area contributed by atoms with Crippen LogP contribution in [0.15, 0.2) is 6.33 Å². The van der Waals surface area contributed by atoms with Crippen LogP contribution < -0.4 is 5.32 Å². The molecule has 0 saturated carbocycles. The molecule has 1 aromatic heterocycles. The number of nitrogens with one attached hydrogen (secondary N) is 1. The highest BCUT2D eigenvalue weighted by Gasteiger charge is 2.22. The highest BCUT2D eigenvalue weighted by molar-refractivity contribution is 4.82. The van der Waals surface area contributed by atoms with Crippen LogP contribution >= 0.6 is 0 Å². The van der Waals surface area contributed by atoms with Crippen molar-refractivity contribution in [2.45, 2.75) is 65.0 Å². The lowest BCUT2D eigenvalue weighted by atomic mass is 10.2. The second kappa shape index (κ2) is 5.60. The molecule has 0 aromatic carbocycles. The van der Waals surface area contributed by atoms with Gasteiger partial charge >= 0.3 is 0 Å². The summed E-state index contributed by atoms with van der Waals surface area (Å²) < 4.78 is 7.66. The first-order valence-corrected chi connectivity index (χ1v) is 6.40. The van der Waals surface area contributed by atoms with Crippen molar-refractivity contribution in [3.8, 4) is 0 Å². The van der Waals surface area contributed by atoms with Gasteiger partial charge in [-0.05, 0) is 19.8 Å². The highest BCUT2D eigenvalue weighted by Crippen LogP contribution is 2.19. The van der Waals surface area contributed by atoms with E-state index >= 15 is 0 Å². The Kier molecular flexibility index (Phi) is 4.12. The second-order valence-electron chi connectivity index (χ2n) is 5.06. The molecule has 17 heavy (non-hydrogen) atoms. The Morgan fingerprint density at radius 1 is 1.53 bits per heavy atom. The van der Waals surface area contributed by atoms with Crippen LogP contribution in [0.5, 0.6) is 0 Å². The Morgan fingerprint density at radius 3 is 3.00 bits per heavy atom. The predicted molar refractivity (Wildman–Crippen MR) is 65.6 cm³/mol. The molecular weight excluding hydrogens is 216 g/mol. The number of ether oxygens (including phenoxy) is 1. The van der Waals surface area contributed by atoms with E-state index in [-0.39, 0.29) is 0 Å². The number of nitrogens with zero attached hydrogens (tertiary/aromatic N) is 3. The Morgan fingerprint density at radius 2 is 2.35 bits per heavy atom. The lowest BCUT2D eigenvalue weighted by molar-refractivity contribution is 0.0436. The standard InChI is InChI=1S/C12H22N4O/c1-9(2)13-6-12-14-8-16(15-12)7-11-5-4-10(3)17-11/h8-11,13H,4-7H2,1-3H3. The van der Waals surface area contributed by atoms with E-state index in [0.29, 0.717) is 18.2 Å². The van der Waals surface area contributed by atoms with Crippen LogP contribution in [0.2, 0.25) is 0 Å². The molecule has 5 heteroatoms. The fraction of sp³-hybridized carbons (Fsp3) is 0.833. The van der Waals surface area contributed by atoms with Crippen LogP contribution in [0.4, 0.5) is 0 Å². The van der Waals surface area contributed by atoms with Gasteiger partial charge in [0.05, 0.1) is 25.3 Å². The van der Waals surface area contributed by atoms with Gasteiger partial charge < -0.3 is 10.1 Å². The number of hydrogen-bond acceptors (Lipinski definition) is 4. The van der Waals surface area contributed by atoms with Crippen molar-refractivity contribution in [3.63, 3.8) is 0 Å². The van der Waals surface area contributed by atoms with Crippen LogP contribution in [0.1, 0.15) is 39.4 Å². The maximum absolute atomic E-state index is 5.77. The smallest absolute Gasteiger partial charge is 0.164 e. The number of rotatable bonds is 5. The zero-order chi connectivity index (χ0) is 12.3. The highest BCUT2D eigenvalue weighted by atomic mass is 16.5. The van der Waals surface area contributed by atoms with Gasteiger partial charge in [0.15, 0.2) is 5.82 Å². The average molecular weight is 238 g/mol. The third-order valence-electron chi connectivity index (χ3n) is 2.96. The fourth-order valence-electron chi connectivity index (χ4n) is 2.03. The molecule has 0 aliphatic carbocycles. The molecule has 96 valence electrons. The van der Waals surface area contributed by atoms with E-state index in [4.69, 9.17) is 4.74 Å². The van der Waals surface area contributed by atoms with Gasteiger partial charge in [0.1, 0.15) is 6.33 Å². The van der Waals surface area contributed by atoms with Gasteiger partial charge in [0.2, 0.25) is 0 Å². The summed E-state index contributed by atoms with van der Waals surface area (Å²) in [4.78, 5) is 4.28. The molecule has 0 bridgehead atoms. The summed E-state index contributed by atoms with van der Waals surface area (Å²) in [6.45, 7) is 7.90. The second-order valence-corrected chi connectivity index (χ2v) is 5.06. The lowest BCUT2D eigenvalue weighted by Crippen LogP contribution is -2.23. The maximum Gasteiger partial charge on any atom is 0.164 e. The lowest BCUT2D eigenvalue weighted by Gasteiger charge is -2.10. The van der Waals surface area contributed by atoms with Crippen molar-refractivity contribution in [2.75, 3.05) is 0 Å². The first kappa shape index (κ1) is 12.5. The molecule has 2 heterocycles. The minimum Gasteiger partial charge on any atom is -0.373 e. The summed E-state index contributed by atoms with van der Waals surface area (Å²) in [6, 6.07) is 0.459. The molecule has 2 rings (SSSR count). The van der Waals surface area contributed by atoms with Crippen LogP contribution in [0.25, 0.3) is 0 Å². The zero-order valence-electron chi connectivity index (χ0n) is 10.9. The number of hydrogen-bond donors (Lipinski definition) is 1. The van der Waals surface area contributed by atoms with Gasteiger partial charge in [-0.15, -0.1) is 0 Å². The Labute approximate surface area is 103 Å². The summed E-state index contributed by atoms with van der Waals surface area (Å²) in [7, 11) is 0. The van der Waals surface area contributed by atoms with Crippen molar-refractivity contribution in [1.82, 2.24) is 20.1 Å². The molecule has 1 saturated heterocycles. The van der Waals surface area contributed by atoms with Gasteiger partial charge in [-0.2, -0.15) is 5.10 Å². The monoisotopic (exact) mass is 238 g/mol. The minimum absolute atomic E-state index is 0.303. The molecular formula is C12H22N4O. The molecule has 1 aliphatic heterocycles. The van der Waals surface area contributed by atoms with Gasteiger partial charge in [0.25, 0.3) is 0 Å². The Balaban J connectivity index is 1.81. The van der Waals surface area contributed by atoms with E-state index in [1.165, 1.54) is 0 Å². The molecule has 1 fully saturated rings. The number of aromatic nitrogens is 3. The Hall–Kier alpha value is -0.940. The summed E-state index contributed by atoms with van der Waals surface area (Å²) in [5.74, 6) is 0.852. The molecule has 1 aromatic rings. The molecule has 1 aliphatic rings. The summed E-state index contributed by atoms with van der Waals surface area (Å²) in [6.07, 6.45) is 4.77. The van der Waals surface area contributed by atoms with Crippen molar-refractivity contribution >= 4 is 0 Å². The van der Waals surface area contributed by atoms with E-state index in [1.54, 1.807) is 6.33 Å². The van der Waals surface area contributed by atoms with Gasteiger partial charge in [-0.1, -0.05) is 13.8 Å². The molecule has 1 N–H and O–H groups in total. The predicted octanol–water partition coefficient (Wildman–Crippen LogP) is 1.34. The van der Waals surface area contributed by atoms with E-state index in [0.717, 1.165) is 31.8 Å². The largest absolute Gasteiger partial charge is 0.373 e. The molecule has 5 nitrogen and oxygen atoms in total.